The van der Waals surface area contributed by atoms with Gasteiger partial charge in [-0.3, -0.25) is 0 Å². The fourth-order valence-corrected chi connectivity index (χ4v) is 3.68. The van der Waals surface area contributed by atoms with Crippen LogP contribution in [0.1, 0.15) is 81.5 Å². The first kappa shape index (κ1) is 18.8. The summed E-state index contributed by atoms with van der Waals surface area (Å²) in [7, 11) is 0. The number of piperidine rings is 1. The number of carbonyl (C=O) groups is 1. The van der Waals surface area contributed by atoms with Crippen LogP contribution in [-0.4, -0.2) is 24.2 Å². The van der Waals surface area contributed by atoms with E-state index in [2.05, 4.69) is 11.8 Å². The van der Waals surface area contributed by atoms with Gasteiger partial charge < -0.3 is 10.0 Å². The summed E-state index contributed by atoms with van der Waals surface area (Å²) in [5, 5.41) is 8.97. The maximum absolute atomic E-state index is 10.9. The molecule has 1 aliphatic rings. The zero-order valence-electron chi connectivity index (χ0n) is 15.2. The van der Waals surface area contributed by atoms with Gasteiger partial charge in [0.05, 0.1) is 5.56 Å². The fourth-order valence-electron chi connectivity index (χ4n) is 3.68. The van der Waals surface area contributed by atoms with E-state index < -0.39 is 5.97 Å². The van der Waals surface area contributed by atoms with Gasteiger partial charge in [-0.05, 0) is 43.0 Å². The fraction of sp³-hybridized carbons (Fsp3) is 0.667. The van der Waals surface area contributed by atoms with E-state index in [1.165, 1.54) is 64.2 Å². The van der Waals surface area contributed by atoms with Crippen LogP contribution in [0, 0.1) is 5.92 Å². The van der Waals surface area contributed by atoms with Crippen LogP contribution in [0.15, 0.2) is 24.3 Å². The Balaban J connectivity index is 1.62. The van der Waals surface area contributed by atoms with Crippen LogP contribution >= 0.6 is 0 Å². The molecule has 24 heavy (non-hydrogen) atoms. The Morgan fingerprint density at radius 3 is 2.17 bits per heavy atom. The van der Waals surface area contributed by atoms with Gasteiger partial charge in [-0.25, -0.2) is 4.79 Å². The first-order chi connectivity index (χ1) is 11.7. The minimum Gasteiger partial charge on any atom is -0.478 e. The average molecular weight is 332 g/mol. The molecule has 1 aromatic rings. The molecule has 0 bridgehead atoms. The Kier molecular flexibility index (Phi) is 8.14. The van der Waals surface area contributed by atoms with E-state index in [1.807, 2.05) is 12.1 Å². The van der Waals surface area contributed by atoms with Gasteiger partial charge in [-0.2, -0.15) is 0 Å². The topological polar surface area (TPSA) is 40.5 Å². The van der Waals surface area contributed by atoms with Crippen molar-refractivity contribution >= 4 is 11.7 Å². The van der Waals surface area contributed by atoms with Crippen LogP contribution in [0.25, 0.3) is 0 Å². The number of hydrogen-bond acceptors (Lipinski definition) is 2. The SMILES string of the molecule is CCCCCCCCCC1CCN(c2ccc(C(=O)O)cc2)CC1. The average Bonchev–Trinajstić information content (AvgIpc) is 2.61. The van der Waals surface area contributed by atoms with Crippen molar-refractivity contribution < 1.29 is 9.90 Å². The highest BCUT2D eigenvalue weighted by Gasteiger charge is 2.19. The highest BCUT2D eigenvalue weighted by Crippen LogP contribution is 2.27. The molecule has 3 nitrogen and oxygen atoms in total. The minimum atomic E-state index is -0.852. The molecule has 0 spiro atoms. The second kappa shape index (κ2) is 10.4. The first-order valence-corrected chi connectivity index (χ1v) is 9.79. The lowest BCUT2D eigenvalue weighted by Gasteiger charge is -2.33. The highest BCUT2D eigenvalue weighted by atomic mass is 16.4. The van der Waals surface area contributed by atoms with Gasteiger partial charge in [-0.1, -0.05) is 58.3 Å². The number of anilines is 1. The van der Waals surface area contributed by atoms with E-state index in [4.69, 9.17) is 5.11 Å². The molecule has 0 saturated carbocycles. The van der Waals surface area contributed by atoms with Crippen molar-refractivity contribution in [1.29, 1.82) is 0 Å². The summed E-state index contributed by atoms with van der Waals surface area (Å²) < 4.78 is 0. The summed E-state index contributed by atoms with van der Waals surface area (Å²) in [6, 6.07) is 7.31. The molecule has 1 heterocycles. The molecule has 2 rings (SSSR count). The number of benzene rings is 1. The molecule has 0 aromatic heterocycles. The Labute approximate surface area is 147 Å². The van der Waals surface area contributed by atoms with E-state index in [-0.39, 0.29) is 0 Å². The second-order valence-corrected chi connectivity index (χ2v) is 7.19. The lowest BCUT2D eigenvalue weighted by atomic mass is 9.90. The molecule has 0 unspecified atom stereocenters. The van der Waals surface area contributed by atoms with E-state index in [1.54, 1.807) is 12.1 Å². The molecule has 1 N–H and O–H groups in total. The predicted octanol–water partition coefficient (Wildman–Crippen LogP) is 5.74. The number of carboxylic acids is 1. The summed E-state index contributed by atoms with van der Waals surface area (Å²) in [5.41, 5.74) is 1.53. The van der Waals surface area contributed by atoms with Crippen molar-refractivity contribution in [3.8, 4) is 0 Å². The Morgan fingerprint density at radius 1 is 1.00 bits per heavy atom. The number of hydrogen-bond donors (Lipinski definition) is 1. The molecule has 134 valence electrons. The lowest BCUT2D eigenvalue weighted by Crippen LogP contribution is -2.33. The molecular formula is C21H33NO2. The Morgan fingerprint density at radius 2 is 1.58 bits per heavy atom. The monoisotopic (exact) mass is 331 g/mol. The molecule has 1 fully saturated rings. The maximum Gasteiger partial charge on any atom is 0.335 e. The molecule has 0 radical (unpaired) electrons. The number of unbranched alkanes of at least 4 members (excludes halogenated alkanes) is 6. The molecule has 3 heteroatoms. The summed E-state index contributed by atoms with van der Waals surface area (Å²) in [6.07, 6.45) is 13.7. The third kappa shape index (κ3) is 6.18. The Bertz CT molecular complexity index is 475. The van der Waals surface area contributed by atoms with Crippen LogP contribution in [0.2, 0.25) is 0 Å². The number of nitrogens with zero attached hydrogens (tertiary/aromatic N) is 1. The van der Waals surface area contributed by atoms with Crippen molar-refractivity contribution in [1.82, 2.24) is 0 Å². The minimum absolute atomic E-state index is 0.368. The van der Waals surface area contributed by atoms with E-state index in [0.29, 0.717) is 5.56 Å². The van der Waals surface area contributed by atoms with Gasteiger partial charge in [0.25, 0.3) is 0 Å². The second-order valence-electron chi connectivity index (χ2n) is 7.19. The summed E-state index contributed by atoms with van der Waals surface area (Å²) in [5.74, 6) is 0.0325. The van der Waals surface area contributed by atoms with Crippen molar-refractivity contribution in [3.63, 3.8) is 0 Å². The van der Waals surface area contributed by atoms with E-state index >= 15 is 0 Å². The lowest BCUT2D eigenvalue weighted by molar-refractivity contribution is 0.0697. The number of aromatic carboxylic acids is 1. The molecule has 1 aromatic carbocycles. The zero-order chi connectivity index (χ0) is 17.2. The van der Waals surface area contributed by atoms with E-state index in [0.717, 1.165) is 24.7 Å². The van der Waals surface area contributed by atoms with Crippen molar-refractivity contribution in [2.45, 2.75) is 71.1 Å². The maximum atomic E-state index is 10.9. The summed E-state index contributed by atoms with van der Waals surface area (Å²) >= 11 is 0. The molecular weight excluding hydrogens is 298 g/mol. The van der Waals surface area contributed by atoms with Gasteiger partial charge >= 0.3 is 5.97 Å². The number of carboxylic acid groups (broad SMARTS) is 1. The van der Waals surface area contributed by atoms with Crippen molar-refractivity contribution in [2.75, 3.05) is 18.0 Å². The van der Waals surface area contributed by atoms with Gasteiger partial charge in [-0.15, -0.1) is 0 Å². The zero-order valence-corrected chi connectivity index (χ0v) is 15.2. The van der Waals surface area contributed by atoms with Crippen LogP contribution < -0.4 is 4.90 Å². The van der Waals surface area contributed by atoms with Crippen molar-refractivity contribution in [2.24, 2.45) is 5.92 Å². The summed E-state index contributed by atoms with van der Waals surface area (Å²) in [6.45, 7) is 4.48. The van der Waals surface area contributed by atoms with Gasteiger partial charge in [0.2, 0.25) is 0 Å². The van der Waals surface area contributed by atoms with E-state index in [9.17, 15) is 4.79 Å². The normalized spacial score (nSPS) is 15.6. The van der Waals surface area contributed by atoms with Gasteiger partial charge in [0.1, 0.15) is 0 Å². The first-order valence-electron chi connectivity index (χ1n) is 9.79. The third-order valence-corrected chi connectivity index (χ3v) is 5.31. The number of rotatable bonds is 10. The molecule has 0 atom stereocenters. The Hall–Kier alpha value is -1.51. The largest absolute Gasteiger partial charge is 0.478 e. The standard InChI is InChI=1S/C21H33NO2/c1-2-3-4-5-6-7-8-9-18-14-16-22(17-15-18)20-12-10-19(11-13-20)21(23)24/h10-13,18H,2-9,14-17H2,1H3,(H,23,24). The third-order valence-electron chi connectivity index (χ3n) is 5.31. The van der Waals surface area contributed by atoms with Crippen molar-refractivity contribution in [3.05, 3.63) is 29.8 Å². The van der Waals surface area contributed by atoms with Gasteiger partial charge in [0, 0.05) is 18.8 Å². The molecule has 1 saturated heterocycles. The smallest absolute Gasteiger partial charge is 0.335 e. The summed E-state index contributed by atoms with van der Waals surface area (Å²) in [4.78, 5) is 13.3. The predicted molar refractivity (Wildman–Crippen MR) is 101 cm³/mol. The van der Waals surface area contributed by atoms with Crippen LogP contribution in [0.5, 0.6) is 0 Å². The quantitative estimate of drug-likeness (QED) is 0.556. The van der Waals surface area contributed by atoms with Gasteiger partial charge in [0.15, 0.2) is 0 Å². The molecule has 0 aliphatic carbocycles. The van der Waals surface area contributed by atoms with Crippen LogP contribution in [0.3, 0.4) is 0 Å². The molecule has 0 amide bonds. The highest BCUT2D eigenvalue weighted by molar-refractivity contribution is 5.88. The van der Waals surface area contributed by atoms with Crippen LogP contribution in [0.4, 0.5) is 5.69 Å². The van der Waals surface area contributed by atoms with Crippen LogP contribution in [-0.2, 0) is 0 Å². The molecule has 1 aliphatic heterocycles.